The van der Waals surface area contributed by atoms with Gasteiger partial charge in [0, 0.05) is 51.3 Å². The third kappa shape index (κ3) is 14.9. The van der Waals surface area contributed by atoms with Gasteiger partial charge < -0.3 is 64.2 Å². The second-order valence-electron chi connectivity index (χ2n) is 17.5. The SMILES string of the molecule is CC[C@H]1OC(=O)C[C@@H](O)[C@H](C)[C@@H](O[C@H](C)C(O)C([C@H](O)[C@@H](C)O)N(C)C)[C@@H](CCn2cc(CNC)nn2)C[C@@H](C)C(=O)/C=C/C(C)=C/[C@@H]1CO[C@@H]1OC(C)[C@@H](O)[C@H](OC)C1OC. The van der Waals surface area contributed by atoms with Crippen LogP contribution in [-0.4, -0.2) is 179 Å². The van der Waals surface area contributed by atoms with E-state index in [1.54, 1.807) is 50.5 Å². The number of nitrogens with zero attached hydrogens (tertiary/aromatic N) is 4. The van der Waals surface area contributed by atoms with E-state index in [9.17, 15) is 35.1 Å². The molecule has 356 valence electrons. The van der Waals surface area contributed by atoms with Gasteiger partial charge in [0.25, 0.3) is 0 Å². The van der Waals surface area contributed by atoms with Crippen LogP contribution in [0.4, 0.5) is 0 Å². The highest BCUT2D eigenvalue weighted by atomic mass is 16.7. The fraction of sp³-hybridized carbons (Fsp3) is 0.818. The van der Waals surface area contributed by atoms with Crippen LogP contribution in [0.1, 0.15) is 79.8 Å². The van der Waals surface area contributed by atoms with Gasteiger partial charge in [0.2, 0.25) is 0 Å². The molecule has 1 fully saturated rings. The Balaban J connectivity index is 2.04. The van der Waals surface area contributed by atoms with E-state index < -0.39 is 109 Å². The first-order valence-electron chi connectivity index (χ1n) is 22.0. The summed E-state index contributed by atoms with van der Waals surface area (Å²) in [6.45, 7) is 13.1. The lowest BCUT2D eigenvalue weighted by Crippen LogP contribution is -2.59. The van der Waals surface area contributed by atoms with Crippen LogP contribution in [0.25, 0.3) is 0 Å². The van der Waals surface area contributed by atoms with Crippen molar-refractivity contribution in [3.05, 3.63) is 35.7 Å². The first kappa shape index (κ1) is 53.6. The second kappa shape index (κ2) is 25.7. The van der Waals surface area contributed by atoms with Crippen molar-refractivity contribution in [2.45, 2.75) is 167 Å². The maximum absolute atomic E-state index is 13.9. The number of allylic oxidation sites excluding steroid dienone is 3. The average Bonchev–Trinajstić information content (AvgIpc) is 3.68. The summed E-state index contributed by atoms with van der Waals surface area (Å²) in [7, 11) is 8.13. The summed E-state index contributed by atoms with van der Waals surface area (Å²) < 4.78 is 38.0. The zero-order valence-electron chi connectivity index (χ0n) is 38.9. The molecule has 1 aromatic heterocycles. The molecule has 0 aliphatic carbocycles. The number of ether oxygens (including phenoxy) is 6. The topological polar surface area (TPSA) is 237 Å². The third-order valence-electron chi connectivity index (χ3n) is 12.3. The lowest BCUT2D eigenvalue weighted by atomic mass is 9.79. The van der Waals surface area contributed by atoms with Crippen LogP contribution in [0, 0.1) is 23.7 Å². The molecule has 3 heterocycles. The Kier molecular flexibility index (Phi) is 22.2. The highest BCUT2D eigenvalue weighted by Crippen LogP contribution is 2.34. The van der Waals surface area contributed by atoms with Gasteiger partial charge in [-0.05, 0) is 80.1 Å². The largest absolute Gasteiger partial charge is 0.462 e. The van der Waals surface area contributed by atoms with Crippen molar-refractivity contribution < 1.29 is 63.5 Å². The molecule has 0 saturated carbocycles. The first-order chi connectivity index (χ1) is 29.3. The quantitative estimate of drug-likeness (QED) is 0.114. The van der Waals surface area contributed by atoms with Crippen molar-refractivity contribution in [2.75, 3.05) is 42.0 Å². The molecule has 0 bridgehead atoms. The summed E-state index contributed by atoms with van der Waals surface area (Å²) >= 11 is 0. The van der Waals surface area contributed by atoms with Crippen molar-refractivity contribution in [3.8, 4) is 0 Å². The minimum atomic E-state index is -1.31. The number of carbonyl (C=O) groups is 2. The second-order valence-corrected chi connectivity index (χ2v) is 17.5. The smallest absolute Gasteiger partial charge is 0.308 e. The number of ketones is 1. The number of nitrogens with one attached hydrogen (secondary N) is 1. The van der Waals surface area contributed by atoms with Crippen molar-refractivity contribution in [2.24, 2.45) is 23.7 Å². The zero-order valence-corrected chi connectivity index (χ0v) is 38.9. The van der Waals surface area contributed by atoms with Crippen LogP contribution < -0.4 is 5.32 Å². The number of aryl methyl sites for hydroxylation is 1. The molecule has 2 aliphatic rings. The van der Waals surface area contributed by atoms with Crippen molar-refractivity contribution in [1.82, 2.24) is 25.2 Å². The van der Waals surface area contributed by atoms with Crippen LogP contribution in [0.3, 0.4) is 0 Å². The Morgan fingerprint density at radius 3 is 2.29 bits per heavy atom. The van der Waals surface area contributed by atoms with Gasteiger partial charge >= 0.3 is 5.97 Å². The molecule has 0 aromatic carbocycles. The van der Waals surface area contributed by atoms with E-state index in [2.05, 4.69) is 15.6 Å². The average molecular weight is 884 g/mol. The van der Waals surface area contributed by atoms with Crippen molar-refractivity contribution in [1.29, 1.82) is 0 Å². The lowest BCUT2D eigenvalue weighted by Gasteiger charge is -2.42. The zero-order chi connectivity index (χ0) is 46.4. The molecule has 3 rings (SSSR count). The Morgan fingerprint density at radius 2 is 1.69 bits per heavy atom. The molecule has 62 heavy (non-hydrogen) atoms. The summed E-state index contributed by atoms with van der Waals surface area (Å²) in [5, 5.41) is 67.0. The molecule has 0 spiro atoms. The molecule has 0 radical (unpaired) electrons. The van der Waals surface area contributed by atoms with Crippen LogP contribution >= 0.6 is 0 Å². The predicted molar refractivity (Wildman–Crippen MR) is 229 cm³/mol. The van der Waals surface area contributed by atoms with Gasteiger partial charge in [0.15, 0.2) is 12.1 Å². The first-order valence-corrected chi connectivity index (χ1v) is 22.0. The molecule has 4 unspecified atom stereocenters. The maximum Gasteiger partial charge on any atom is 0.308 e. The van der Waals surface area contributed by atoms with Crippen LogP contribution in [-0.2, 0) is 51.1 Å². The molecule has 2 aliphatic heterocycles. The highest BCUT2D eigenvalue weighted by molar-refractivity contribution is 5.91. The van der Waals surface area contributed by atoms with Gasteiger partial charge in [0.05, 0.1) is 67.5 Å². The van der Waals surface area contributed by atoms with Gasteiger partial charge in [-0.15, -0.1) is 5.10 Å². The van der Waals surface area contributed by atoms with Crippen LogP contribution in [0.2, 0.25) is 0 Å². The standard InChI is InChI=1S/C44H77N5O13/c1-13-35-31(23-59-44-43(58-12)42(57-11)40(56)29(7)61-44)18-24(2)14-15-33(51)25(3)19-30(16-17-49-22-32(21-45-8)46-47-49)41(26(4)34(52)20-36(53)62-35)60-28(6)39(55)37(48(9)10)38(54)27(5)50/h14-15,18,22,25-31,34-35,37-45,50,52,54-56H,13,16-17,19-21,23H2,1-12H3/b15-14+,24-18+/t25-,26+,27-,28-,29?,30+,31-,34-,35-,37?,38-,39?,40-,41-,42+,43?,44-/m1/s1. The Bertz CT molecular complexity index is 1560. The number of likely N-dealkylation sites (N-methyl/N-ethyl adjacent to an activating group) is 1. The molecule has 0 amide bonds. The predicted octanol–water partition coefficient (Wildman–Crippen LogP) is 1.40. The number of hydrogen-bond acceptors (Lipinski definition) is 17. The minimum absolute atomic E-state index is 0.0157. The van der Waals surface area contributed by atoms with Gasteiger partial charge in [-0.3, -0.25) is 14.3 Å². The van der Waals surface area contributed by atoms with Gasteiger partial charge in [-0.1, -0.05) is 43.7 Å². The van der Waals surface area contributed by atoms with E-state index >= 15 is 0 Å². The molecule has 1 aromatic rings. The van der Waals surface area contributed by atoms with E-state index in [0.717, 1.165) is 11.3 Å². The van der Waals surface area contributed by atoms with Crippen molar-refractivity contribution in [3.63, 3.8) is 0 Å². The summed E-state index contributed by atoms with van der Waals surface area (Å²) in [6, 6.07) is -0.920. The molecule has 17 atom stereocenters. The van der Waals surface area contributed by atoms with Crippen molar-refractivity contribution >= 4 is 11.8 Å². The van der Waals surface area contributed by atoms with Gasteiger partial charge in [0.1, 0.15) is 24.4 Å². The third-order valence-corrected chi connectivity index (χ3v) is 12.3. The molecular weight excluding hydrogens is 807 g/mol. The normalized spacial score (nSPS) is 34.8. The van der Waals surface area contributed by atoms with Gasteiger partial charge in [-0.2, -0.15) is 0 Å². The van der Waals surface area contributed by atoms with Crippen LogP contribution in [0.15, 0.2) is 30.0 Å². The number of rotatable bonds is 18. The Labute approximate surface area is 367 Å². The van der Waals surface area contributed by atoms with E-state index in [0.29, 0.717) is 32.4 Å². The summed E-state index contributed by atoms with van der Waals surface area (Å²) in [5.41, 5.74) is 1.47. The van der Waals surface area contributed by atoms with E-state index in [4.69, 9.17) is 28.4 Å². The maximum atomic E-state index is 13.9. The fourth-order valence-electron chi connectivity index (χ4n) is 8.51. The Hall–Kier alpha value is -2.72. The van der Waals surface area contributed by atoms with E-state index in [1.165, 1.54) is 27.2 Å². The number of hydrogen-bond donors (Lipinski definition) is 6. The highest BCUT2D eigenvalue weighted by Gasteiger charge is 2.46. The number of aliphatic hydroxyl groups is 5. The van der Waals surface area contributed by atoms with Gasteiger partial charge in [-0.25, -0.2) is 0 Å². The number of carbonyl (C=O) groups excluding carboxylic acids is 2. The van der Waals surface area contributed by atoms with Crippen LogP contribution in [0.5, 0.6) is 0 Å². The Morgan fingerprint density at radius 1 is 1.02 bits per heavy atom. The number of cyclic esters (lactones) is 1. The monoisotopic (exact) mass is 884 g/mol. The number of methoxy groups -OCH3 is 2. The molecule has 6 N–H and O–H groups in total. The number of aliphatic hydroxyl groups excluding tert-OH is 5. The molecule has 18 heteroatoms. The summed E-state index contributed by atoms with van der Waals surface area (Å²) in [4.78, 5) is 29.3. The fourth-order valence-corrected chi connectivity index (χ4v) is 8.51. The summed E-state index contributed by atoms with van der Waals surface area (Å²) in [5.74, 6) is -2.96. The minimum Gasteiger partial charge on any atom is -0.462 e. The lowest BCUT2D eigenvalue weighted by molar-refractivity contribution is -0.304. The molecule has 18 nitrogen and oxygen atoms in total. The molecular formula is C44H77N5O13. The summed E-state index contributed by atoms with van der Waals surface area (Å²) in [6.07, 6.45) is -3.75. The molecule has 1 saturated heterocycles. The number of esters is 1. The number of aromatic nitrogens is 3. The van der Waals surface area contributed by atoms with E-state index in [1.807, 2.05) is 40.1 Å². The van der Waals surface area contributed by atoms with E-state index in [-0.39, 0.29) is 18.8 Å².